The number of halogens is 3. The van der Waals surface area contributed by atoms with E-state index in [-0.39, 0.29) is 24.5 Å². The molecule has 150 valence electrons. The first-order valence-corrected chi connectivity index (χ1v) is 8.93. The summed E-state index contributed by atoms with van der Waals surface area (Å²) in [5.74, 6) is -4.59. The summed E-state index contributed by atoms with van der Waals surface area (Å²) in [5.41, 5.74) is 0.732. The van der Waals surface area contributed by atoms with Gasteiger partial charge in [-0.1, -0.05) is 44.2 Å². The Kier molecular flexibility index (Phi) is 8.66. The van der Waals surface area contributed by atoms with Gasteiger partial charge in [0.2, 0.25) is 5.91 Å². The number of amides is 1. The van der Waals surface area contributed by atoms with Gasteiger partial charge in [0.05, 0.1) is 6.04 Å². The average molecular weight is 385 g/mol. The first-order chi connectivity index (χ1) is 12.5. The Morgan fingerprint density at radius 1 is 1.07 bits per heavy atom. The maximum absolute atomic E-state index is 13.2. The van der Waals surface area contributed by atoms with E-state index in [9.17, 15) is 27.6 Å². The van der Waals surface area contributed by atoms with Crippen molar-refractivity contribution in [3.8, 4) is 0 Å². The molecule has 0 aliphatic rings. The van der Waals surface area contributed by atoms with E-state index in [2.05, 4.69) is 5.32 Å². The fourth-order valence-electron chi connectivity index (χ4n) is 2.62. The highest BCUT2D eigenvalue weighted by Crippen LogP contribution is 2.29. The predicted octanol–water partition coefficient (Wildman–Crippen LogP) is 3.88. The standard InChI is InChI=1S/C20H26F3NO3/c1-13(2)9-10-18(26)17(12-15-7-5-4-6-8-15)24-19(27)16(11-14(3)25)20(21,22)23/h4-8,13,16-17H,9-12H2,1-3H3,(H,24,27)/t16?,17-/m0/s1. The molecule has 1 unspecified atom stereocenters. The minimum atomic E-state index is -4.85. The van der Waals surface area contributed by atoms with Crippen LogP contribution in [0.2, 0.25) is 0 Å². The lowest BCUT2D eigenvalue weighted by atomic mass is 9.95. The van der Waals surface area contributed by atoms with Gasteiger partial charge in [-0.2, -0.15) is 13.2 Å². The van der Waals surface area contributed by atoms with E-state index in [1.807, 2.05) is 13.8 Å². The molecule has 0 saturated heterocycles. The van der Waals surface area contributed by atoms with Crippen molar-refractivity contribution in [3.05, 3.63) is 35.9 Å². The zero-order chi connectivity index (χ0) is 20.6. The lowest BCUT2D eigenvalue weighted by Crippen LogP contribution is -2.48. The third kappa shape index (κ3) is 8.37. The van der Waals surface area contributed by atoms with Crippen LogP contribution in [0.25, 0.3) is 0 Å². The molecule has 0 spiro atoms. The summed E-state index contributed by atoms with van der Waals surface area (Å²) >= 11 is 0. The number of alkyl halides is 3. The number of nitrogens with one attached hydrogen (secondary N) is 1. The zero-order valence-corrected chi connectivity index (χ0v) is 15.8. The van der Waals surface area contributed by atoms with Crippen LogP contribution in [0.15, 0.2) is 30.3 Å². The van der Waals surface area contributed by atoms with Crippen molar-refractivity contribution in [1.82, 2.24) is 5.32 Å². The summed E-state index contributed by atoms with van der Waals surface area (Å²) in [7, 11) is 0. The Balaban J connectivity index is 2.97. The molecule has 2 atom stereocenters. The Bertz CT molecular complexity index is 642. The van der Waals surface area contributed by atoms with E-state index in [1.54, 1.807) is 30.3 Å². The van der Waals surface area contributed by atoms with Crippen LogP contribution >= 0.6 is 0 Å². The van der Waals surface area contributed by atoms with Gasteiger partial charge in [-0.05, 0) is 31.2 Å². The highest BCUT2D eigenvalue weighted by molar-refractivity contribution is 5.92. The molecule has 0 heterocycles. The molecular weight excluding hydrogens is 359 g/mol. The van der Waals surface area contributed by atoms with Gasteiger partial charge in [0.1, 0.15) is 11.7 Å². The SMILES string of the molecule is CC(=O)CC(C(=O)N[C@@H](Cc1ccccc1)C(=O)CCC(C)C)C(F)(F)F. The number of benzene rings is 1. The second kappa shape index (κ2) is 10.2. The van der Waals surface area contributed by atoms with Gasteiger partial charge < -0.3 is 5.32 Å². The fourth-order valence-corrected chi connectivity index (χ4v) is 2.62. The number of rotatable bonds is 10. The summed E-state index contributed by atoms with van der Waals surface area (Å²) in [6.07, 6.45) is -4.94. The van der Waals surface area contributed by atoms with Crippen molar-refractivity contribution in [2.75, 3.05) is 0 Å². The second-order valence-electron chi connectivity index (χ2n) is 7.15. The molecule has 1 aromatic rings. The van der Waals surface area contributed by atoms with Crippen molar-refractivity contribution in [2.24, 2.45) is 11.8 Å². The molecule has 0 aliphatic heterocycles. The predicted molar refractivity (Wildman–Crippen MR) is 96.0 cm³/mol. The van der Waals surface area contributed by atoms with E-state index < -0.39 is 36.2 Å². The Morgan fingerprint density at radius 2 is 1.67 bits per heavy atom. The van der Waals surface area contributed by atoms with Crippen LogP contribution in [0.1, 0.15) is 45.6 Å². The summed E-state index contributed by atoms with van der Waals surface area (Å²) in [6, 6.07) is 7.71. The van der Waals surface area contributed by atoms with E-state index in [0.29, 0.717) is 6.42 Å². The molecule has 4 nitrogen and oxygen atoms in total. The van der Waals surface area contributed by atoms with E-state index in [4.69, 9.17) is 0 Å². The van der Waals surface area contributed by atoms with Crippen LogP contribution in [-0.2, 0) is 20.8 Å². The highest BCUT2D eigenvalue weighted by atomic mass is 19.4. The molecule has 1 N–H and O–H groups in total. The molecule has 1 rings (SSSR count). The number of Topliss-reactive ketones (excluding diaryl/α,β-unsaturated/α-hetero) is 2. The van der Waals surface area contributed by atoms with Crippen LogP contribution in [-0.4, -0.2) is 29.7 Å². The van der Waals surface area contributed by atoms with Crippen LogP contribution in [0.5, 0.6) is 0 Å². The topological polar surface area (TPSA) is 63.2 Å². The molecule has 0 saturated carbocycles. The molecule has 1 amide bonds. The average Bonchev–Trinajstić information content (AvgIpc) is 2.56. The molecular formula is C20H26F3NO3. The molecule has 0 radical (unpaired) electrons. The minimum absolute atomic E-state index is 0.105. The molecule has 0 fully saturated rings. The lowest BCUT2D eigenvalue weighted by molar-refractivity contribution is -0.185. The van der Waals surface area contributed by atoms with Crippen LogP contribution < -0.4 is 5.32 Å². The van der Waals surface area contributed by atoms with Crippen LogP contribution in [0.3, 0.4) is 0 Å². The normalized spacial score (nSPS) is 13.9. The number of carbonyl (C=O) groups is 3. The maximum atomic E-state index is 13.2. The Morgan fingerprint density at radius 3 is 2.15 bits per heavy atom. The second-order valence-corrected chi connectivity index (χ2v) is 7.15. The van der Waals surface area contributed by atoms with Crippen molar-refractivity contribution >= 4 is 17.5 Å². The van der Waals surface area contributed by atoms with Crippen LogP contribution in [0, 0.1) is 11.8 Å². The van der Waals surface area contributed by atoms with Gasteiger partial charge >= 0.3 is 6.18 Å². The Labute approximate surface area is 157 Å². The zero-order valence-electron chi connectivity index (χ0n) is 15.8. The third-order valence-electron chi connectivity index (χ3n) is 4.16. The van der Waals surface area contributed by atoms with Crippen LogP contribution in [0.4, 0.5) is 13.2 Å². The van der Waals surface area contributed by atoms with Gasteiger partial charge in [-0.25, -0.2) is 0 Å². The summed E-state index contributed by atoms with van der Waals surface area (Å²) in [5, 5.41) is 2.24. The summed E-state index contributed by atoms with van der Waals surface area (Å²) in [6.45, 7) is 4.87. The largest absolute Gasteiger partial charge is 0.400 e. The Hall–Kier alpha value is -2.18. The first kappa shape index (κ1) is 22.9. The van der Waals surface area contributed by atoms with E-state index in [1.165, 1.54) is 0 Å². The first-order valence-electron chi connectivity index (χ1n) is 8.93. The van der Waals surface area contributed by atoms with Crippen molar-refractivity contribution < 1.29 is 27.6 Å². The smallest absolute Gasteiger partial charge is 0.345 e. The summed E-state index contributed by atoms with van der Waals surface area (Å²) in [4.78, 5) is 35.9. The number of carbonyl (C=O) groups excluding carboxylic acids is 3. The summed E-state index contributed by atoms with van der Waals surface area (Å²) < 4.78 is 39.5. The molecule has 27 heavy (non-hydrogen) atoms. The fraction of sp³-hybridized carbons (Fsp3) is 0.550. The van der Waals surface area contributed by atoms with Crippen molar-refractivity contribution in [1.29, 1.82) is 0 Å². The number of ketones is 2. The quantitative estimate of drug-likeness (QED) is 0.665. The van der Waals surface area contributed by atoms with Gasteiger partial charge in [0, 0.05) is 12.8 Å². The molecule has 1 aromatic carbocycles. The monoisotopic (exact) mass is 385 g/mol. The number of hydrogen-bond acceptors (Lipinski definition) is 3. The van der Waals surface area contributed by atoms with E-state index >= 15 is 0 Å². The minimum Gasteiger partial charge on any atom is -0.345 e. The van der Waals surface area contributed by atoms with Gasteiger partial charge in [-0.3, -0.25) is 14.4 Å². The molecule has 0 bridgehead atoms. The molecule has 0 aliphatic carbocycles. The third-order valence-corrected chi connectivity index (χ3v) is 4.16. The lowest BCUT2D eigenvalue weighted by Gasteiger charge is -2.23. The van der Waals surface area contributed by atoms with Gasteiger partial charge in [0.25, 0.3) is 0 Å². The molecule has 0 aromatic heterocycles. The van der Waals surface area contributed by atoms with Gasteiger partial charge in [-0.15, -0.1) is 0 Å². The number of hydrogen-bond donors (Lipinski definition) is 1. The maximum Gasteiger partial charge on any atom is 0.400 e. The van der Waals surface area contributed by atoms with E-state index in [0.717, 1.165) is 12.5 Å². The van der Waals surface area contributed by atoms with Crippen molar-refractivity contribution in [3.63, 3.8) is 0 Å². The molecule has 7 heteroatoms. The van der Waals surface area contributed by atoms with Gasteiger partial charge in [0.15, 0.2) is 5.78 Å². The van der Waals surface area contributed by atoms with Crippen molar-refractivity contribution in [2.45, 2.75) is 58.7 Å². The highest BCUT2D eigenvalue weighted by Gasteiger charge is 2.46.